The van der Waals surface area contributed by atoms with Crippen molar-refractivity contribution in [1.29, 1.82) is 0 Å². The van der Waals surface area contributed by atoms with E-state index in [1.807, 2.05) is 6.92 Å². The number of amides is 3. The van der Waals surface area contributed by atoms with Gasteiger partial charge in [-0.1, -0.05) is 13.3 Å². The second-order valence-electron chi connectivity index (χ2n) is 9.44. The number of anilines is 1. The Balaban J connectivity index is 1.57. The number of benzene rings is 1. The van der Waals surface area contributed by atoms with E-state index in [0.717, 1.165) is 42.8 Å². The summed E-state index contributed by atoms with van der Waals surface area (Å²) in [6.07, 6.45) is 2.43. The second-order valence-corrected chi connectivity index (χ2v) is 12.4. The quantitative estimate of drug-likeness (QED) is 0.525. The van der Waals surface area contributed by atoms with Gasteiger partial charge in [0.05, 0.1) is 17.1 Å². The summed E-state index contributed by atoms with van der Waals surface area (Å²) in [4.78, 5) is 41.5. The van der Waals surface area contributed by atoms with Gasteiger partial charge in [0.1, 0.15) is 5.00 Å². The Morgan fingerprint density at radius 1 is 1.08 bits per heavy atom. The maximum absolute atomic E-state index is 13.2. The van der Waals surface area contributed by atoms with E-state index in [2.05, 4.69) is 22.5 Å². The Kier molecular flexibility index (Phi) is 8.86. The highest BCUT2D eigenvalue weighted by atomic mass is 32.2. The monoisotopic (exact) mass is 562 g/mol. The van der Waals surface area contributed by atoms with Crippen LogP contribution in [0, 0.1) is 0 Å². The number of carbonyl (C=O) groups is 3. The summed E-state index contributed by atoms with van der Waals surface area (Å²) in [6.45, 7) is 8.49. The van der Waals surface area contributed by atoms with E-state index < -0.39 is 27.9 Å². The molecule has 12 heteroatoms. The average Bonchev–Trinajstić information content (AvgIpc) is 3.25. The number of nitrogens with one attached hydrogen (secondary N) is 2. The smallest absolute Gasteiger partial charge is 0.414 e. The second kappa shape index (κ2) is 11.9. The predicted molar refractivity (Wildman–Crippen MR) is 145 cm³/mol. The van der Waals surface area contributed by atoms with Gasteiger partial charge < -0.3 is 10.1 Å². The van der Waals surface area contributed by atoms with E-state index in [1.54, 1.807) is 6.92 Å². The maximum atomic E-state index is 13.2. The maximum Gasteiger partial charge on any atom is 0.414 e. The Morgan fingerprint density at radius 3 is 2.47 bits per heavy atom. The first-order valence-electron chi connectivity index (χ1n) is 12.9. The van der Waals surface area contributed by atoms with Gasteiger partial charge in [0.2, 0.25) is 10.0 Å². The highest BCUT2D eigenvalue weighted by Gasteiger charge is 2.32. The molecule has 1 aromatic heterocycles. The molecule has 3 amide bonds. The number of ether oxygens (including phenoxy) is 1. The van der Waals surface area contributed by atoms with E-state index >= 15 is 0 Å². The lowest BCUT2D eigenvalue weighted by atomic mass is 10.0. The number of hydrogen-bond donors (Lipinski definition) is 2. The van der Waals surface area contributed by atoms with Gasteiger partial charge in [-0.2, -0.15) is 4.31 Å². The summed E-state index contributed by atoms with van der Waals surface area (Å²) in [6, 6.07) is 5.77. The molecular weight excluding hydrogens is 528 g/mol. The van der Waals surface area contributed by atoms with E-state index in [0.29, 0.717) is 24.5 Å². The number of thiophene rings is 1. The molecule has 38 heavy (non-hydrogen) atoms. The van der Waals surface area contributed by atoms with Crippen molar-refractivity contribution >= 4 is 44.3 Å². The molecule has 0 spiro atoms. The third kappa shape index (κ3) is 5.93. The van der Waals surface area contributed by atoms with Gasteiger partial charge >= 0.3 is 6.09 Å². The summed E-state index contributed by atoms with van der Waals surface area (Å²) in [7, 11) is -3.65. The number of imide groups is 1. The first kappa shape index (κ1) is 28.2. The first-order valence-corrected chi connectivity index (χ1v) is 15.2. The van der Waals surface area contributed by atoms with Crippen molar-refractivity contribution in [3.8, 4) is 0 Å². The van der Waals surface area contributed by atoms with Crippen LogP contribution in [0.4, 0.5) is 9.80 Å². The third-order valence-electron chi connectivity index (χ3n) is 6.99. The summed E-state index contributed by atoms with van der Waals surface area (Å²) < 4.78 is 32.6. The van der Waals surface area contributed by atoms with Crippen molar-refractivity contribution < 1.29 is 27.5 Å². The van der Waals surface area contributed by atoms with Crippen LogP contribution in [0.5, 0.6) is 0 Å². The molecule has 2 aliphatic heterocycles. The van der Waals surface area contributed by atoms with Gasteiger partial charge in [0, 0.05) is 36.1 Å². The highest BCUT2D eigenvalue weighted by molar-refractivity contribution is 7.89. The number of piperidine rings is 1. The fourth-order valence-electron chi connectivity index (χ4n) is 4.89. The number of likely N-dealkylation sites (N-methyl/N-ethyl adjacent to an activating group) is 1. The van der Waals surface area contributed by atoms with Crippen molar-refractivity contribution in [3.63, 3.8) is 0 Å². The van der Waals surface area contributed by atoms with Crippen molar-refractivity contribution in [3.05, 3.63) is 45.8 Å². The van der Waals surface area contributed by atoms with E-state index in [-0.39, 0.29) is 28.7 Å². The molecule has 10 nitrogen and oxygen atoms in total. The van der Waals surface area contributed by atoms with E-state index in [4.69, 9.17) is 4.74 Å². The lowest BCUT2D eigenvalue weighted by Crippen LogP contribution is -2.41. The lowest BCUT2D eigenvalue weighted by Gasteiger charge is -2.32. The average molecular weight is 563 g/mol. The number of rotatable bonds is 7. The molecule has 1 fully saturated rings. The molecule has 1 unspecified atom stereocenters. The van der Waals surface area contributed by atoms with Crippen molar-refractivity contribution in [2.75, 3.05) is 31.6 Å². The van der Waals surface area contributed by atoms with Crippen LogP contribution < -0.4 is 10.6 Å². The number of fused-ring (bicyclic) bond motifs is 1. The first-order chi connectivity index (χ1) is 18.1. The van der Waals surface area contributed by atoms with Crippen LogP contribution in [0.3, 0.4) is 0 Å². The van der Waals surface area contributed by atoms with Crippen molar-refractivity contribution in [2.24, 2.45) is 0 Å². The number of sulfonamides is 1. The largest absolute Gasteiger partial charge is 0.450 e. The highest BCUT2D eigenvalue weighted by Crippen LogP contribution is 2.37. The summed E-state index contributed by atoms with van der Waals surface area (Å²) in [5, 5.41) is 5.41. The predicted octanol–water partition coefficient (Wildman–Crippen LogP) is 3.83. The summed E-state index contributed by atoms with van der Waals surface area (Å²) >= 11 is 1.31. The molecule has 1 atom stereocenters. The number of hydrogen-bond acceptors (Lipinski definition) is 8. The Labute approximate surface area is 227 Å². The zero-order valence-electron chi connectivity index (χ0n) is 21.9. The molecule has 1 saturated heterocycles. The van der Waals surface area contributed by atoms with Crippen LogP contribution in [-0.2, 0) is 27.7 Å². The Hall–Kier alpha value is -2.80. The molecule has 0 aliphatic carbocycles. The summed E-state index contributed by atoms with van der Waals surface area (Å²) in [5.74, 6) is -1.10. The molecule has 0 radical (unpaired) electrons. The topological polar surface area (TPSA) is 125 Å². The molecule has 0 bridgehead atoms. The van der Waals surface area contributed by atoms with Gasteiger partial charge in [-0.05, 0) is 69.5 Å². The van der Waals surface area contributed by atoms with Gasteiger partial charge in [-0.3, -0.25) is 19.8 Å². The SMILES string of the molecule is CCOC(=O)NC(=O)c1c(NC(=O)c2ccc(S(=O)(=O)N3CCCCC3C)cc2)sc2c1CCN(CC)C2. The molecular formula is C26H34N4O6S2. The van der Waals surface area contributed by atoms with E-state index in [9.17, 15) is 22.8 Å². The van der Waals surface area contributed by atoms with Gasteiger partial charge in [-0.25, -0.2) is 13.2 Å². The molecule has 3 heterocycles. The van der Waals surface area contributed by atoms with Crippen LogP contribution in [0.15, 0.2) is 29.2 Å². The van der Waals surface area contributed by atoms with Crippen LogP contribution in [0.25, 0.3) is 0 Å². The minimum absolute atomic E-state index is 0.0654. The van der Waals surface area contributed by atoms with Gasteiger partial charge in [-0.15, -0.1) is 11.3 Å². The van der Waals surface area contributed by atoms with Gasteiger partial charge in [0.15, 0.2) is 0 Å². The number of alkyl carbamates (subject to hydrolysis) is 1. The number of nitrogens with zero attached hydrogens (tertiary/aromatic N) is 2. The van der Waals surface area contributed by atoms with Crippen LogP contribution >= 0.6 is 11.3 Å². The van der Waals surface area contributed by atoms with Crippen molar-refractivity contribution in [2.45, 2.75) is 63.9 Å². The van der Waals surface area contributed by atoms with E-state index in [1.165, 1.54) is 39.9 Å². The normalized spacial score (nSPS) is 18.4. The molecule has 206 valence electrons. The fourth-order valence-corrected chi connectivity index (χ4v) is 7.88. The molecule has 1 aromatic carbocycles. The minimum atomic E-state index is -3.65. The summed E-state index contributed by atoms with van der Waals surface area (Å²) in [5.41, 5.74) is 1.34. The number of carbonyl (C=O) groups excluding carboxylic acids is 3. The Bertz CT molecular complexity index is 1310. The molecule has 2 aromatic rings. The van der Waals surface area contributed by atoms with Crippen LogP contribution in [-0.4, -0.2) is 67.8 Å². The zero-order chi connectivity index (χ0) is 27.4. The van der Waals surface area contributed by atoms with Crippen LogP contribution in [0.1, 0.15) is 71.2 Å². The van der Waals surface area contributed by atoms with Crippen LogP contribution in [0.2, 0.25) is 0 Å². The molecule has 2 N–H and O–H groups in total. The van der Waals surface area contributed by atoms with Gasteiger partial charge in [0.25, 0.3) is 11.8 Å². The van der Waals surface area contributed by atoms with Crippen molar-refractivity contribution in [1.82, 2.24) is 14.5 Å². The fraction of sp³-hybridized carbons (Fsp3) is 0.500. The molecule has 0 saturated carbocycles. The lowest BCUT2D eigenvalue weighted by molar-refractivity contribution is 0.0924. The molecule has 2 aliphatic rings. The minimum Gasteiger partial charge on any atom is -0.450 e. The third-order valence-corrected chi connectivity index (χ3v) is 10.2. The molecule has 4 rings (SSSR count). The standard InChI is InChI=1S/C26H34N4O6S2/c1-4-29-15-13-20-21(16-29)37-25(22(20)24(32)28-26(33)36-5-2)27-23(31)18-9-11-19(12-10-18)38(34,35)30-14-7-6-8-17(30)3/h9-12,17H,4-8,13-16H2,1-3H3,(H,27,31)(H,28,32,33). The zero-order valence-corrected chi connectivity index (χ0v) is 23.5. The Morgan fingerprint density at radius 2 is 1.82 bits per heavy atom.